The van der Waals surface area contributed by atoms with Gasteiger partial charge in [0.25, 0.3) is 0 Å². The van der Waals surface area contributed by atoms with Crippen molar-refractivity contribution in [3.8, 4) is 22.9 Å². The molecule has 134 valence electrons. The lowest BCUT2D eigenvalue weighted by Gasteiger charge is -2.09. The van der Waals surface area contributed by atoms with E-state index < -0.39 is 15.7 Å². The summed E-state index contributed by atoms with van der Waals surface area (Å²) in [6.07, 6.45) is 1.89. The van der Waals surface area contributed by atoms with E-state index in [0.29, 0.717) is 34.9 Å². The smallest absolute Gasteiger partial charge is 0.248 e. The summed E-state index contributed by atoms with van der Waals surface area (Å²) in [7, 11) is -3.08. The van der Waals surface area contributed by atoms with E-state index in [2.05, 4.69) is 15.2 Å². The molecule has 0 saturated carbocycles. The van der Waals surface area contributed by atoms with Gasteiger partial charge in [0.15, 0.2) is 27.2 Å². The molecule has 1 aromatic carbocycles. The molecule has 4 rings (SSSR count). The van der Waals surface area contributed by atoms with Gasteiger partial charge in [0, 0.05) is 17.2 Å². The summed E-state index contributed by atoms with van der Waals surface area (Å²) in [6.45, 7) is 0. The number of aromatic nitrogens is 4. The standard InChI is InChI=1S/C16H15N5O4S/c17-14(22)10-1-3-11(4-2-10)15-18-16(13-5-7-25-20-13)21(19-15)12-6-8-26(23,24)9-12/h1-5,7,12H,6,8-9H2,(H2,17,22)/t12-/m0/s1. The van der Waals surface area contributed by atoms with Gasteiger partial charge in [-0.1, -0.05) is 17.3 Å². The SMILES string of the molecule is NC(=O)c1ccc(-c2nc(-c3ccon3)n([C@H]3CCS(=O)(=O)C3)n2)cc1. The van der Waals surface area contributed by atoms with Crippen LogP contribution >= 0.6 is 0 Å². The number of primary amides is 1. The van der Waals surface area contributed by atoms with Crippen molar-refractivity contribution in [1.29, 1.82) is 0 Å². The number of nitrogens with two attached hydrogens (primary N) is 1. The first-order valence-corrected chi connectivity index (χ1v) is 9.73. The lowest BCUT2D eigenvalue weighted by molar-refractivity contribution is 0.100. The summed E-state index contributed by atoms with van der Waals surface area (Å²) in [5.74, 6) is 0.465. The van der Waals surface area contributed by atoms with Gasteiger partial charge >= 0.3 is 0 Å². The molecule has 3 heterocycles. The molecule has 3 aromatic rings. The molecule has 0 radical (unpaired) electrons. The van der Waals surface area contributed by atoms with Crippen LogP contribution in [0.3, 0.4) is 0 Å². The third kappa shape index (κ3) is 2.99. The normalized spacial score (nSPS) is 18.8. The molecular weight excluding hydrogens is 358 g/mol. The zero-order valence-corrected chi connectivity index (χ0v) is 14.4. The fraction of sp³-hybridized carbons (Fsp3) is 0.250. The van der Waals surface area contributed by atoms with Gasteiger partial charge in [-0.3, -0.25) is 4.79 Å². The molecule has 1 atom stereocenters. The molecule has 0 unspecified atom stereocenters. The number of hydrogen-bond acceptors (Lipinski definition) is 7. The van der Waals surface area contributed by atoms with E-state index >= 15 is 0 Å². The van der Waals surface area contributed by atoms with E-state index in [-0.39, 0.29) is 17.5 Å². The highest BCUT2D eigenvalue weighted by Crippen LogP contribution is 2.30. The van der Waals surface area contributed by atoms with Gasteiger partial charge in [-0.25, -0.2) is 18.1 Å². The highest BCUT2D eigenvalue weighted by Gasteiger charge is 2.32. The van der Waals surface area contributed by atoms with Crippen molar-refractivity contribution in [3.05, 3.63) is 42.2 Å². The van der Waals surface area contributed by atoms with Crippen LogP contribution in [-0.4, -0.2) is 45.8 Å². The van der Waals surface area contributed by atoms with Crippen LogP contribution < -0.4 is 5.73 Å². The minimum Gasteiger partial charge on any atom is -0.366 e. The van der Waals surface area contributed by atoms with E-state index in [1.165, 1.54) is 6.26 Å². The summed E-state index contributed by atoms with van der Waals surface area (Å²) in [6, 6.07) is 7.90. The second-order valence-electron chi connectivity index (χ2n) is 6.09. The maximum Gasteiger partial charge on any atom is 0.248 e. The maximum atomic E-state index is 11.9. The number of amides is 1. The van der Waals surface area contributed by atoms with Crippen LogP contribution in [0.2, 0.25) is 0 Å². The van der Waals surface area contributed by atoms with Crippen molar-refractivity contribution >= 4 is 15.7 Å². The lowest BCUT2D eigenvalue weighted by atomic mass is 10.1. The molecule has 26 heavy (non-hydrogen) atoms. The predicted octanol–water partition coefficient (Wildman–Crippen LogP) is 1.06. The van der Waals surface area contributed by atoms with Crippen LogP contribution in [0, 0.1) is 0 Å². The van der Waals surface area contributed by atoms with Gasteiger partial charge in [-0.2, -0.15) is 5.10 Å². The van der Waals surface area contributed by atoms with Crippen molar-refractivity contribution in [2.24, 2.45) is 5.73 Å². The average molecular weight is 373 g/mol. The van der Waals surface area contributed by atoms with Crippen molar-refractivity contribution in [3.63, 3.8) is 0 Å². The van der Waals surface area contributed by atoms with Crippen LogP contribution in [0.25, 0.3) is 22.9 Å². The molecule has 1 aliphatic heterocycles. The molecule has 0 aliphatic carbocycles. The Kier molecular flexibility index (Phi) is 3.83. The maximum absolute atomic E-state index is 11.9. The van der Waals surface area contributed by atoms with E-state index in [4.69, 9.17) is 10.3 Å². The van der Waals surface area contributed by atoms with Crippen LogP contribution in [0.15, 0.2) is 41.1 Å². The van der Waals surface area contributed by atoms with Crippen molar-refractivity contribution in [1.82, 2.24) is 19.9 Å². The number of benzene rings is 1. The van der Waals surface area contributed by atoms with E-state index in [1.807, 2.05) is 0 Å². The van der Waals surface area contributed by atoms with Gasteiger partial charge < -0.3 is 10.3 Å². The molecule has 2 N–H and O–H groups in total. The van der Waals surface area contributed by atoms with E-state index in [1.54, 1.807) is 35.0 Å². The summed E-state index contributed by atoms with van der Waals surface area (Å²) in [5, 5.41) is 8.39. The van der Waals surface area contributed by atoms with Gasteiger partial charge in [0.2, 0.25) is 5.91 Å². The fourth-order valence-corrected chi connectivity index (χ4v) is 4.65. The fourth-order valence-electron chi connectivity index (χ4n) is 2.95. The number of hydrogen-bond donors (Lipinski definition) is 1. The quantitative estimate of drug-likeness (QED) is 0.722. The Morgan fingerprint density at radius 2 is 2.00 bits per heavy atom. The Hall–Kier alpha value is -3.01. The summed E-state index contributed by atoms with van der Waals surface area (Å²) in [4.78, 5) is 15.7. The molecule has 1 fully saturated rings. The Labute approximate surface area is 148 Å². The second kappa shape index (κ2) is 6.06. The molecule has 0 bridgehead atoms. The number of carbonyl (C=O) groups excluding carboxylic acids is 1. The number of sulfone groups is 1. The largest absolute Gasteiger partial charge is 0.366 e. The summed E-state index contributed by atoms with van der Waals surface area (Å²) >= 11 is 0. The Morgan fingerprint density at radius 3 is 2.58 bits per heavy atom. The molecule has 9 nitrogen and oxygen atoms in total. The van der Waals surface area contributed by atoms with Crippen molar-refractivity contribution in [2.45, 2.75) is 12.5 Å². The predicted molar refractivity (Wildman–Crippen MR) is 91.8 cm³/mol. The second-order valence-corrected chi connectivity index (χ2v) is 8.32. The third-order valence-electron chi connectivity index (χ3n) is 4.28. The summed E-state index contributed by atoms with van der Waals surface area (Å²) in [5.41, 5.74) is 6.79. The van der Waals surface area contributed by atoms with Crippen molar-refractivity contribution in [2.75, 3.05) is 11.5 Å². The Morgan fingerprint density at radius 1 is 1.23 bits per heavy atom. The number of nitrogens with zero attached hydrogens (tertiary/aromatic N) is 4. The average Bonchev–Trinajstić information content (AvgIpc) is 3.33. The molecule has 10 heteroatoms. The zero-order valence-electron chi connectivity index (χ0n) is 13.6. The molecule has 1 amide bonds. The number of rotatable bonds is 4. The highest BCUT2D eigenvalue weighted by molar-refractivity contribution is 7.91. The lowest BCUT2D eigenvalue weighted by Crippen LogP contribution is -2.14. The first kappa shape index (κ1) is 16.5. The highest BCUT2D eigenvalue weighted by atomic mass is 32.2. The van der Waals surface area contributed by atoms with Crippen LogP contribution in [0.5, 0.6) is 0 Å². The van der Waals surface area contributed by atoms with Crippen LogP contribution in [-0.2, 0) is 9.84 Å². The van der Waals surface area contributed by atoms with E-state index in [0.717, 1.165) is 0 Å². The minimum atomic E-state index is -3.08. The molecular formula is C16H15N5O4S. The van der Waals surface area contributed by atoms with Gasteiger partial charge in [0.1, 0.15) is 6.26 Å². The first-order chi connectivity index (χ1) is 12.4. The number of carbonyl (C=O) groups is 1. The Balaban J connectivity index is 1.77. The van der Waals surface area contributed by atoms with E-state index in [9.17, 15) is 13.2 Å². The topological polar surface area (TPSA) is 134 Å². The molecule has 0 spiro atoms. The van der Waals surface area contributed by atoms with Gasteiger partial charge in [-0.15, -0.1) is 0 Å². The Bertz CT molecular complexity index is 1050. The van der Waals surface area contributed by atoms with Crippen LogP contribution in [0.1, 0.15) is 22.8 Å². The summed E-state index contributed by atoms with van der Waals surface area (Å²) < 4.78 is 30.2. The zero-order chi connectivity index (χ0) is 18.3. The van der Waals surface area contributed by atoms with Crippen LogP contribution in [0.4, 0.5) is 0 Å². The molecule has 1 aliphatic rings. The molecule has 2 aromatic heterocycles. The third-order valence-corrected chi connectivity index (χ3v) is 6.03. The first-order valence-electron chi connectivity index (χ1n) is 7.91. The van der Waals surface area contributed by atoms with Gasteiger partial charge in [0.05, 0.1) is 17.5 Å². The van der Waals surface area contributed by atoms with Crippen molar-refractivity contribution < 1.29 is 17.7 Å². The van der Waals surface area contributed by atoms with Gasteiger partial charge in [-0.05, 0) is 18.6 Å². The minimum absolute atomic E-state index is 0.0151. The molecule has 1 saturated heterocycles. The monoisotopic (exact) mass is 373 g/mol.